The summed E-state index contributed by atoms with van der Waals surface area (Å²) in [7, 11) is 1.66. The van der Waals surface area contributed by atoms with Crippen LogP contribution in [0.3, 0.4) is 0 Å². The quantitative estimate of drug-likeness (QED) is 0.723. The largest absolute Gasteiger partial charge is 0.390 e. The van der Waals surface area contributed by atoms with Crippen molar-refractivity contribution in [2.45, 2.75) is 18.4 Å². The number of hydrogen-bond acceptors (Lipinski definition) is 5. The normalized spacial score (nSPS) is 12.6. The number of nitrogens with one attached hydrogen (secondary N) is 1. The van der Waals surface area contributed by atoms with Crippen molar-refractivity contribution < 1.29 is 13.5 Å². The first kappa shape index (κ1) is 15.1. The number of hydrogen-bond donors (Lipinski definition) is 2. The summed E-state index contributed by atoms with van der Waals surface area (Å²) in [4.78, 5) is 1.98. The zero-order chi connectivity index (χ0) is 13.9. The highest BCUT2D eigenvalue weighted by Crippen LogP contribution is 2.21. The van der Waals surface area contributed by atoms with Crippen LogP contribution < -0.4 is 0 Å². The van der Waals surface area contributed by atoms with Gasteiger partial charge in [0, 0.05) is 20.1 Å². The van der Waals surface area contributed by atoms with Crippen molar-refractivity contribution in [1.29, 1.82) is 0 Å². The van der Waals surface area contributed by atoms with Crippen LogP contribution in [0.4, 0.5) is 0 Å². The SMILES string of the molecule is Cc1[nH]nc(CO)c1S(=O)(=O)N(C)CCN(C)C. The molecule has 0 saturated heterocycles. The molecule has 1 rings (SSSR count). The molecular weight excluding hydrogens is 256 g/mol. The van der Waals surface area contributed by atoms with Crippen LogP contribution in [-0.2, 0) is 16.6 Å². The molecule has 18 heavy (non-hydrogen) atoms. The molecule has 0 unspecified atom stereocenters. The van der Waals surface area contributed by atoms with E-state index in [1.165, 1.54) is 11.4 Å². The Balaban J connectivity index is 3.02. The third-order valence-electron chi connectivity index (χ3n) is 2.64. The molecule has 0 amide bonds. The molecule has 0 spiro atoms. The number of nitrogens with zero attached hydrogens (tertiary/aromatic N) is 3. The van der Waals surface area contributed by atoms with Gasteiger partial charge in [0.25, 0.3) is 0 Å². The van der Waals surface area contributed by atoms with Crippen molar-refractivity contribution in [2.24, 2.45) is 0 Å². The number of aliphatic hydroxyl groups is 1. The molecule has 2 N–H and O–H groups in total. The Morgan fingerprint density at radius 3 is 2.39 bits per heavy atom. The van der Waals surface area contributed by atoms with E-state index in [4.69, 9.17) is 5.11 Å². The second kappa shape index (κ2) is 5.79. The molecule has 0 fully saturated rings. The highest BCUT2D eigenvalue weighted by Gasteiger charge is 2.27. The summed E-state index contributed by atoms with van der Waals surface area (Å²) >= 11 is 0. The molecule has 0 radical (unpaired) electrons. The Labute approximate surface area is 107 Å². The van der Waals surface area contributed by atoms with Crippen LogP contribution in [0.5, 0.6) is 0 Å². The van der Waals surface area contributed by atoms with Crippen LogP contribution in [0.2, 0.25) is 0 Å². The number of sulfonamides is 1. The van der Waals surface area contributed by atoms with Gasteiger partial charge in [0.1, 0.15) is 10.6 Å². The molecule has 0 bridgehead atoms. The van der Waals surface area contributed by atoms with Crippen LogP contribution in [0.25, 0.3) is 0 Å². The van der Waals surface area contributed by atoms with Crippen molar-refractivity contribution in [3.8, 4) is 0 Å². The van der Waals surface area contributed by atoms with Crippen molar-refractivity contribution in [2.75, 3.05) is 34.2 Å². The maximum atomic E-state index is 12.3. The van der Waals surface area contributed by atoms with Gasteiger partial charge in [-0.1, -0.05) is 0 Å². The molecule has 0 aromatic carbocycles. The number of H-pyrrole nitrogens is 1. The van der Waals surface area contributed by atoms with Crippen LogP contribution in [0.1, 0.15) is 11.4 Å². The number of aromatic nitrogens is 2. The van der Waals surface area contributed by atoms with Gasteiger partial charge in [-0.3, -0.25) is 5.10 Å². The van der Waals surface area contributed by atoms with Gasteiger partial charge in [-0.15, -0.1) is 0 Å². The maximum absolute atomic E-state index is 12.3. The third kappa shape index (κ3) is 3.08. The minimum Gasteiger partial charge on any atom is -0.390 e. The van der Waals surface area contributed by atoms with Crippen LogP contribution in [0.15, 0.2) is 4.90 Å². The summed E-state index contributed by atoms with van der Waals surface area (Å²) in [6.45, 7) is 2.23. The third-order valence-corrected chi connectivity index (χ3v) is 4.70. The number of rotatable bonds is 6. The van der Waals surface area contributed by atoms with E-state index in [0.717, 1.165) is 0 Å². The van der Waals surface area contributed by atoms with Gasteiger partial charge < -0.3 is 10.0 Å². The molecule has 1 heterocycles. The zero-order valence-corrected chi connectivity index (χ0v) is 12.0. The Kier molecular flexibility index (Phi) is 4.85. The van der Waals surface area contributed by atoms with Crippen LogP contribution in [0, 0.1) is 6.92 Å². The van der Waals surface area contributed by atoms with Gasteiger partial charge in [0.05, 0.1) is 12.3 Å². The number of aryl methyl sites for hydroxylation is 1. The van der Waals surface area contributed by atoms with Gasteiger partial charge in [-0.05, 0) is 21.0 Å². The number of aliphatic hydroxyl groups excluding tert-OH is 1. The highest BCUT2D eigenvalue weighted by molar-refractivity contribution is 7.89. The van der Waals surface area contributed by atoms with E-state index in [1.54, 1.807) is 6.92 Å². The summed E-state index contributed by atoms with van der Waals surface area (Å²) in [5, 5.41) is 15.5. The maximum Gasteiger partial charge on any atom is 0.246 e. The minimum absolute atomic E-state index is 0.0752. The van der Waals surface area contributed by atoms with E-state index >= 15 is 0 Å². The molecule has 7 nitrogen and oxygen atoms in total. The van der Waals surface area contributed by atoms with Crippen molar-refractivity contribution in [3.05, 3.63) is 11.4 Å². The lowest BCUT2D eigenvalue weighted by molar-refractivity contribution is 0.273. The molecule has 0 saturated carbocycles. The summed E-state index contributed by atoms with van der Waals surface area (Å²) in [5.41, 5.74) is 0.597. The van der Waals surface area contributed by atoms with Crippen LogP contribution >= 0.6 is 0 Å². The number of likely N-dealkylation sites (N-methyl/N-ethyl adjacent to an activating group) is 2. The summed E-state index contributed by atoms with van der Waals surface area (Å²) in [5.74, 6) is 0. The lowest BCUT2D eigenvalue weighted by atomic mass is 10.4. The fraction of sp³-hybridized carbons (Fsp3) is 0.700. The Hall–Kier alpha value is -0.960. The molecule has 104 valence electrons. The first-order valence-corrected chi connectivity index (χ1v) is 7.00. The Bertz CT molecular complexity index is 495. The van der Waals surface area contributed by atoms with E-state index in [9.17, 15) is 8.42 Å². The molecule has 0 atom stereocenters. The topological polar surface area (TPSA) is 89.5 Å². The summed E-state index contributed by atoms with van der Waals surface area (Å²) in [6.07, 6.45) is 0. The molecule has 0 aliphatic heterocycles. The Morgan fingerprint density at radius 1 is 1.28 bits per heavy atom. The van der Waals surface area contributed by atoms with Crippen LogP contribution in [-0.4, -0.2) is 67.2 Å². The second-order valence-corrected chi connectivity index (χ2v) is 6.39. The zero-order valence-electron chi connectivity index (χ0n) is 11.1. The molecule has 0 aliphatic rings. The summed E-state index contributed by atoms with van der Waals surface area (Å²) in [6, 6.07) is 0. The smallest absolute Gasteiger partial charge is 0.246 e. The van der Waals surface area contributed by atoms with E-state index in [2.05, 4.69) is 10.2 Å². The average Bonchev–Trinajstić information content (AvgIpc) is 2.67. The molecule has 1 aromatic heterocycles. The predicted molar refractivity (Wildman–Crippen MR) is 67.6 cm³/mol. The summed E-state index contributed by atoms with van der Waals surface area (Å²) < 4.78 is 26.0. The first-order valence-electron chi connectivity index (χ1n) is 5.56. The monoisotopic (exact) mass is 276 g/mol. The van der Waals surface area contributed by atoms with Crippen molar-refractivity contribution in [3.63, 3.8) is 0 Å². The van der Waals surface area contributed by atoms with Crippen molar-refractivity contribution in [1.82, 2.24) is 19.4 Å². The Morgan fingerprint density at radius 2 is 1.89 bits per heavy atom. The van der Waals surface area contributed by atoms with E-state index < -0.39 is 16.6 Å². The van der Waals surface area contributed by atoms with Crippen molar-refractivity contribution >= 4 is 10.0 Å². The molecular formula is C10H20N4O3S. The fourth-order valence-corrected chi connectivity index (χ4v) is 3.01. The lowest BCUT2D eigenvalue weighted by Crippen LogP contribution is -2.34. The van der Waals surface area contributed by atoms with Gasteiger partial charge in [-0.2, -0.15) is 9.40 Å². The minimum atomic E-state index is -3.61. The van der Waals surface area contributed by atoms with E-state index in [1.807, 2.05) is 19.0 Å². The van der Waals surface area contributed by atoms with Gasteiger partial charge >= 0.3 is 0 Å². The standard InChI is InChI=1S/C10H20N4O3S/c1-8-10(9(7-15)12-11-8)18(16,17)14(4)6-5-13(2)3/h15H,5-7H2,1-4H3,(H,11,12). The van der Waals surface area contributed by atoms with E-state index in [-0.39, 0.29) is 10.6 Å². The highest BCUT2D eigenvalue weighted by atomic mass is 32.2. The molecule has 1 aromatic rings. The van der Waals surface area contributed by atoms with Gasteiger partial charge in [0.2, 0.25) is 10.0 Å². The lowest BCUT2D eigenvalue weighted by Gasteiger charge is -2.19. The number of aromatic amines is 1. The second-order valence-electron chi connectivity index (χ2n) is 4.41. The predicted octanol–water partition coefficient (Wildman–Crippen LogP) is -0.607. The first-order chi connectivity index (χ1) is 8.30. The molecule has 8 heteroatoms. The van der Waals surface area contributed by atoms with Gasteiger partial charge in [-0.25, -0.2) is 8.42 Å². The fourth-order valence-electron chi connectivity index (χ4n) is 1.54. The van der Waals surface area contributed by atoms with Gasteiger partial charge in [0.15, 0.2) is 0 Å². The molecule has 0 aliphatic carbocycles. The average molecular weight is 276 g/mol. The van der Waals surface area contributed by atoms with E-state index in [0.29, 0.717) is 18.8 Å².